The van der Waals surface area contributed by atoms with Gasteiger partial charge in [0.1, 0.15) is 5.75 Å². The van der Waals surface area contributed by atoms with E-state index in [1.165, 1.54) is 0 Å². The van der Waals surface area contributed by atoms with Gasteiger partial charge in [0.15, 0.2) is 6.10 Å². The van der Waals surface area contributed by atoms with E-state index in [0.29, 0.717) is 15.8 Å². The first-order chi connectivity index (χ1) is 7.82. The van der Waals surface area contributed by atoms with Crippen molar-refractivity contribution in [2.45, 2.75) is 32.8 Å². The molecule has 0 heterocycles. The summed E-state index contributed by atoms with van der Waals surface area (Å²) in [6.07, 6.45) is -0.716. The number of carbonyl (C=O) groups is 1. The highest BCUT2D eigenvalue weighted by Gasteiger charge is 2.15. The maximum Gasteiger partial charge on any atom is 0.258 e. The molecular weight excluding hydrogens is 261 g/mol. The number of carbonyl (C=O) groups excluding carboxylic acids is 1. The van der Waals surface area contributed by atoms with E-state index in [9.17, 15) is 4.79 Å². The van der Waals surface area contributed by atoms with Crippen LogP contribution in [0, 0.1) is 0 Å². The van der Waals surface area contributed by atoms with Crippen molar-refractivity contribution in [3.63, 3.8) is 0 Å². The van der Waals surface area contributed by atoms with Gasteiger partial charge in [-0.25, -0.2) is 0 Å². The summed E-state index contributed by atoms with van der Waals surface area (Å²) < 4.78 is 5.33. The summed E-state index contributed by atoms with van der Waals surface area (Å²) in [6.45, 7) is 5.57. The Labute approximate surface area is 111 Å². The minimum atomic E-state index is -0.716. The number of halogens is 2. The molecule has 0 saturated heterocycles. The Morgan fingerprint density at radius 1 is 1.24 bits per heavy atom. The lowest BCUT2D eigenvalue weighted by atomic mass is 10.0. The number of rotatable bonds is 4. The molecule has 1 unspecified atom stereocenters. The summed E-state index contributed by atoms with van der Waals surface area (Å²) >= 11 is 12.2. The normalized spacial score (nSPS) is 12.6. The van der Waals surface area contributed by atoms with Crippen LogP contribution in [0.3, 0.4) is 0 Å². The standard InChI is InChI=1S/C12H15Cl2NO2/c1-6(2)11-9(13)4-8(5-10(11)14)17-7(3)12(15)16/h4-7H,1-3H3,(H2,15,16). The van der Waals surface area contributed by atoms with Gasteiger partial charge in [-0.15, -0.1) is 0 Å². The zero-order valence-electron chi connectivity index (χ0n) is 9.96. The minimum absolute atomic E-state index is 0.220. The van der Waals surface area contributed by atoms with Crippen molar-refractivity contribution in [3.05, 3.63) is 27.7 Å². The van der Waals surface area contributed by atoms with Gasteiger partial charge in [0.2, 0.25) is 0 Å². The highest BCUT2D eigenvalue weighted by Crippen LogP contribution is 2.35. The van der Waals surface area contributed by atoms with Crippen LogP contribution in [0.5, 0.6) is 5.75 Å². The van der Waals surface area contributed by atoms with Crippen LogP contribution in [-0.4, -0.2) is 12.0 Å². The molecule has 5 heteroatoms. The fraction of sp³-hybridized carbons (Fsp3) is 0.417. The first-order valence-corrected chi connectivity index (χ1v) is 6.03. The molecule has 0 aliphatic rings. The Kier molecular flexibility index (Phi) is 4.66. The van der Waals surface area contributed by atoms with E-state index in [1.807, 2.05) is 13.8 Å². The summed E-state index contributed by atoms with van der Waals surface area (Å²) in [5, 5.41) is 1.05. The molecule has 0 saturated carbocycles. The lowest BCUT2D eigenvalue weighted by Crippen LogP contribution is -2.30. The fourth-order valence-electron chi connectivity index (χ4n) is 1.44. The van der Waals surface area contributed by atoms with Gasteiger partial charge >= 0.3 is 0 Å². The van der Waals surface area contributed by atoms with E-state index >= 15 is 0 Å². The molecule has 94 valence electrons. The number of nitrogens with two attached hydrogens (primary N) is 1. The van der Waals surface area contributed by atoms with Gasteiger partial charge in [0.25, 0.3) is 5.91 Å². The van der Waals surface area contributed by atoms with Crippen LogP contribution in [0.2, 0.25) is 10.0 Å². The molecule has 1 atom stereocenters. The summed E-state index contributed by atoms with van der Waals surface area (Å²) in [6, 6.07) is 3.28. The van der Waals surface area contributed by atoms with Gasteiger partial charge in [0.05, 0.1) is 0 Å². The maximum absolute atomic E-state index is 10.9. The molecule has 0 radical (unpaired) electrons. The van der Waals surface area contributed by atoms with Gasteiger partial charge in [-0.1, -0.05) is 37.0 Å². The van der Waals surface area contributed by atoms with Crippen LogP contribution in [0.1, 0.15) is 32.3 Å². The third-order valence-corrected chi connectivity index (χ3v) is 2.97. The number of ether oxygens (including phenoxy) is 1. The fourth-order valence-corrected chi connectivity index (χ4v) is 2.35. The Hall–Kier alpha value is -0.930. The second-order valence-electron chi connectivity index (χ2n) is 4.12. The Morgan fingerprint density at radius 2 is 1.71 bits per heavy atom. The first-order valence-electron chi connectivity index (χ1n) is 5.27. The molecule has 17 heavy (non-hydrogen) atoms. The summed E-state index contributed by atoms with van der Waals surface area (Å²) in [5.41, 5.74) is 5.98. The van der Waals surface area contributed by atoms with Crippen LogP contribution in [-0.2, 0) is 4.79 Å². The molecule has 0 fully saturated rings. The Bertz CT molecular complexity index is 410. The molecule has 2 N–H and O–H groups in total. The molecule has 0 aliphatic heterocycles. The second-order valence-corrected chi connectivity index (χ2v) is 4.93. The van der Waals surface area contributed by atoms with Crippen LogP contribution in [0.25, 0.3) is 0 Å². The van der Waals surface area contributed by atoms with Crippen LogP contribution >= 0.6 is 23.2 Å². The average Bonchev–Trinajstić information content (AvgIpc) is 2.15. The lowest BCUT2D eigenvalue weighted by molar-refractivity contribution is -0.123. The second kappa shape index (κ2) is 5.61. The molecule has 1 rings (SSSR count). The molecular formula is C12H15Cl2NO2. The predicted molar refractivity (Wildman–Crippen MR) is 69.8 cm³/mol. The topological polar surface area (TPSA) is 52.3 Å². The van der Waals surface area contributed by atoms with Gasteiger partial charge in [-0.05, 0) is 30.5 Å². The molecule has 1 amide bonds. The third-order valence-electron chi connectivity index (χ3n) is 2.34. The van der Waals surface area contributed by atoms with E-state index in [4.69, 9.17) is 33.7 Å². The highest BCUT2D eigenvalue weighted by atomic mass is 35.5. The third kappa shape index (κ3) is 3.51. The largest absolute Gasteiger partial charge is 0.481 e. The van der Waals surface area contributed by atoms with Crippen molar-refractivity contribution in [1.29, 1.82) is 0 Å². The number of primary amides is 1. The van der Waals surface area contributed by atoms with Crippen molar-refractivity contribution < 1.29 is 9.53 Å². The van der Waals surface area contributed by atoms with Crippen molar-refractivity contribution >= 4 is 29.1 Å². The van der Waals surface area contributed by atoms with E-state index in [1.54, 1.807) is 19.1 Å². The van der Waals surface area contributed by atoms with Gasteiger partial charge in [-0.2, -0.15) is 0 Å². The zero-order chi connectivity index (χ0) is 13.2. The number of hydrogen-bond acceptors (Lipinski definition) is 2. The zero-order valence-corrected chi connectivity index (χ0v) is 11.5. The van der Waals surface area contributed by atoms with Crippen LogP contribution in [0.15, 0.2) is 12.1 Å². The minimum Gasteiger partial charge on any atom is -0.481 e. The van der Waals surface area contributed by atoms with E-state index < -0.39 is 12.0 Å². The summed E-state index contributed by atoms with van der Waals surface area (Å²) in [7, 11) is 0. The maximum atomic E-state index is 10.9. The lowest BCUT2D eigenvalue weighted by Gasteiger charge is -2.15. The highest BCUT2D eigenvalue weighted by molar-refractivity contribution is 6.36. The van der Waals surface area contributed by atoms with Gasteiger partial charge < -0.3 is 10.5 Å². The van der Waals surface area contributed by atoms with Crippen molar-refractivity contribution in [1.82, 2.24) is 0 Å². The number of benzene rings is 1. The summed E-state index contributed by atoms with van der Waals surface area (Å²) in [4.78, 5) is 10.9. The van der Waals surface area contributed by atoms with E-state index in [0.717, 1.165) is 5.56 Å². The Morgan fingerprint density at radius 3 is 2.06 bits per heavy atom. The predicted octanol–water partition coefficient (Wildman–Crippen LogP) is 3.37. The van der Waals surface area contributed by atoms with Gasteiger partial charge in [-0.3, -0.25) is 4.79 Å². The van der Waals surface area contributed by atoms with E-state index in [2.05, 4.69) is 0 Å². The van der Waals surface area contributed by atoms with Crippen molar-refractivity contribution in [2.75, 3.05) is 0 Å². The molecule has 1 aromatic carbocycles. The van der Waals surface area contributed by atoms with Crippen molar-refractivity contribution in [2.24, 2.45) is 5.73 Å². The molecule has 1 aromatic rings. The Balaban J connectivity index is 3.02. The summed E-state index contributed by atoms with van der Waals surface area (Å²) in [5.74, 6) is 0.124. The number of amides is 1. The van der Waals surface area contributed by atoms with Crippen LogP contribution in [0.4, 0.5) is 0 Å². The molecule has 0 bridgehead atoms. The monoisotopic (exact) mass is 275 g/mol. The van der Waals surface area contributed by atoms with Gasteiger partial charge in [0, 0.05) is 10.0 Å². The van der Waals surface area contributed by atoms with E-state index in [-0.39, 0.29) is 5.92 Å². The quantitative estimate of drug-likeness (QED) is 0.916. The molecule has 0 aromatic heterocycles. The smallest absolute Gasteiger partial charge is 0.258 e. The molecule has 3 nitrogen and oxygen atoms in total. The molecule has 0 aliphatic carbocycles. The van der Waals surface area contributed by atoms with Crippen molar-refractivity contribution in [3.8, 4) is 5.75 Å². The molecule has 0 spiro atoms. The SMILES string of the molecule is CC(Oc1cc(Cl)c(C(C)C)c(Cl)c1)C(N)=O. The average molecular weight is 276 g/mol. The van der Waals surface area contributed by atoms with Crippen LogP contribution < -0.4 is 10.5 Å². The number of hydrogen-bond donors (Lipinski definition) is 1. The first kappa shape index (κ1) is 14.1.